The summed E-state index contributed by atoms with van der Waals surface area (Å²) in [5.74, 6) is -1.99. The van der Waals surface area contributed by atoms with Crippen molar-refractivity contribution in [2.24, 2.45) is 0 Å². The molecule has 0 atom stereocenters. The maximum absolute atomic E-state index is 13.3. The van der Waals surface area contributed by atoms with Crippen molar-refractivity contribution in [2.75, 3.05) is 6.54 Å². The summed E-state index contributed by atoms with van der Waals surface area (Å²) in [7, 11) is 0. The van der Waals surface area contributed by atoms with Gasteiger partial charge in [0.1, 0.15) is 5.82 Å². The highest BCUT2D eigenvalue weighted by atomic mass is 19.1. The summed E-state index contributed by atoms with van der Waals surface area (Å²) in [6, 6.07) is 4.68. The third-order valence-electron chi connectivity index (χ3n) is 3.49. The fraction of sp³-hybridized carbons (Fsp3) is 0.312. The second-order valence-electron chi connectivity index (χ2n) is 5.47. The van der Waals surface area contributed by atoms with Crippen molar-refractivity contribution in [2.45, 2.75) is 26.3 Å². The monoisotopic (exact) mass is 320 g/mol. The van der Waals surface area contributed by atoms with Crippen molar-refractivity contribution in [3.63, 3.8) is 0 Å². The average molecular weight is 320 g/mol. The molecule has 0 fully saturated rings. The third-order valence-corrected chi connectivity index (χ3v) is 3.49. The summed E-state index contributed by atoms with van der Waals surface area (Å²) in [4.78, 5) is 39.1. The van der Waals surface area contributed by atoms with Crippen LogP contribution in [0.5, 0.6) is 0 Å². The number of benzene rings is 1. The van der Waals surface area contributed by atoms with E-state index in [1.165, 1.54) is 17.0 Å². The van der Waals surface area contributed by atoms with Gasteiger partial charge in [-0.05, 0) is 32.0 Å². The number of aromatic nitrogens is 1. The number of carbonyl (C=O) groups excluding carboxylic acids is 1. The Balaban J connectivity index is 2.50. The Hall–Kier alpha value is -2.70. The minimum absolute atomic E-state index is 0.0291. The number of aliphatic carboxylic acids is 1. The number of pyridine rings is 1. The van der Waals surface area contributed by atoms with Gasteiger partial charge in [0.2, 0.25) is 5.56 Å². The fourth-order valence-corrected chi connectivity index (χ4v) is 2.37. The minimum atomic E-state index is -1.01. The van der Waals surface area contributed by atoms with Crippen LogP contribution in [0.15, 0.2) is 29.1 Å². The van der Waals surface area contributed by atoms with Gasteiger partial charge in [0.15, 0.2) is 0 Å². The van der Waals surface area contributed by atoms with Crippen LogP contribution in [0, 0.1) is 5.82 Å². The molecule has 2 aromatic rings. The molecule has 1 aromatic carbocycles. The number of hydrogen-bond acceptors (Lipinski definition) is 3. The molecule has 0 aliphatic carbocycles. The van der Waals surface area contributed by atoms with Crippen molar-refractivity contribution < 1.29 is 19.1 Å². The molecule has 2 rings (SSSR count). The van der Waals surface area contributed by atoms with Gasteiger partial charge in [-0.3, -0.25) is 14.4 Å². The van der Waals surface area contributed by atoms with E-state index in [0.717, 1.165) is 12.1 Å². The summed E-state index contributed by atoms with van der Waals surface area (Å²) in [5, 5.41) is 9.22. The van der Waals surface area contributed by atoms with E-state index >= 15 is 0 Å². The molecule has 6 nitrogen and oxygen atoms in total. The van der Waals surface area contributed by atoms with Gasteiger partial charge in [-0.2, -0.15) is 0 Å². The van der Waals surface area contributed by atoms with Crippen molar-refractivity contribution in [1.82, 2.24) is 9.88 Å². The lowest BCUT2D eigenvalue weighted by atomic mass is 10.1. The molecule has 0 aliphatic heterocycles. The zero-order valence-electron chi connectivity index (χ0n) is 12.8. The van der Waals surface area contributed by atoms with E-state index in [9.17, 15) is 18.8 Å². The molecule has 0 unspecified atom stereocenters. The van der Waals surface area contributed by atoms with Gasteiger partial charge in [0.05, 0.1) is 17.5 Å². The van der Waals surface area contributed by atoms with Gasteiger partial charge >= 0.3 is 5.97 Å². The summed E-state index contributed by atoms with van der Waals surface area (Å²) in [6.07, 6.45) is -0.195. The SMILES string of the molecule is CC(C)N(CCC(=O)O)C(=O)c1cc(=O)[nH]c2cc(F)ccc12. The molecular formula is C16H17FN2O4. The number of halogens is 1. The zero-order valence-corrected chi connectivity index (χ0v) is 12.8. The molecule has 122 valence electrons. The smallest absolute Gasteiger partial charge is 0.305 e. The van der Waals surface area contributed by atoms with Crippen LogP contribution in [0.4, 0.5) is 4.39 Å². The Kier molecular flexibility index (Phi) is 4.78. The Bertz CT molecular complexity index is 813. The molecule has 0 spiro atoms. The van der Waals surface area contributed by atoms with Crippen LogP contribution in [0.1, 0.15) is 30.6 Å². The molecule has 23 heavy (non-hydrogen) atoms. The van der Waals surface area contributed by atoms with E-state index in [4.69, 9.17) is 5.11 Å². The van der Waals surface area contributed by atoms with Crippen LogP contribution in [-0.4, -0.2) is 39.5 Å². The van der Waals surface area contributed by atoms with Crippen LogP contribution in [0.3, 0.4) is 0 Å². The lowest BCUT2D eigenvalue weighted by Crippen LogP contribution is -2.39. The Morgan fingerprint density at radius 3 is 2.61 bits per heavy atom. The summed E-state index contributed by atoms with van der Waals surface area (Å²) in [6.45, 7) is 3.55. The maximum atomic E-state index is 13.3. The number of aromatic amines is 1. The average Bonchev–Trinajstić information content (AvgIpc) is 2.45. The maximum Gasteiger partial charge on any atom is 0.305 e. The van der Waals surface area contributed by atoms with E-state index in [2.05, 4.69) is 4.98 Å². The number of rotatable bonds is 5. The molecule has 1 aromatic heterocycles. The molecule has 0 aliphatic rings. The number of nitrogens with zero attached hydrogens (tertiary/aromatic N) is 1. The third kappa shape index (κ3) is 3.74. The molecule has 0 saturated carbocycles. The normalized spacial score (nSPS) is 11.0. The number of carbonyl (C=O) groups is 2. The van der Waals surface area contributed by atoms with Crippen LogP contribution < -0.4 is 5.56 Å². The van der Waals surface area contributed by atoms with Gasteiger partial charge in [-0.1, -0.05) is 0 Å². The highest BCUT2D eigenvalue weighted by Gasteiger charge is 2.22. The number of carboxylic acids is 1. The number of nitrogens with one attached hydrogen (secondary N) is 1. The molecular weight excluding hydrogens is 303 g/mol. The number of carboxylic acid groups (broad SMARTS) is 1. The molecule has 7 heteroatoms. The number of hydrogen-bond donors (Lipinski definition) is 2. The molecule has 2 N–H and O–H groups in total. The number of fused-ring (bicyclic) bond motifs is 1. The van der Waals surface area contributed by atoms with E-state index in [0.29, 0.717) is 5.39 Å². The van der Waals surface area contributed by atoms with Crippen molar-refractivity contribution in [3.05, 3.63) is 46.0 Å². The van der Waals surface area contributed by atoms with Crippen LogP contribution >= 0.6 is 0 Å². The van der Waals surface area contributed by atoms with Crippen LogP contribution in [-0.2, 0) is 4.79 Å². The molecule has 0 bridgehead atoms. The highest BCUT2D eigenvalue weighted by Crippen LogP contribution is 2.19. The van der Waals surface area contributed by atoms with Crippen molar-refractivity contribution >= 4 is 22.8 Å². The Labute approximate surface area is 131 Å². The van der Waals surface area contributed by atoms with E-state index < -0.39 is 23.3 Å². The second kappa shape index (κ2) is 6.60. The fourth-order valence-electron chi connectivity index (χ4n) is 2.37. The van der Waals surface area contributed by atoms with Crippen molar-refractivity contribution in [3.8, 4) is 0 Å². The lowest BCUT2D eigenvalue weighted by molar-refractivity contribution is -0.137. The van der Waals surface area contributed by atoms with Crippen molar-refractivity contribution in [1.29, 1.82) is 0 Å². The molecule has 0 saturated heterocycles. The molecule has 1 amide bonds. The quantitative estimate of drug-likeness (QED) is 0.881. The molecule has 1 heterocycles. The first-order valence-corrected chi connectivity index (χ1v) is 7.15. The predicted octanol–water partition coefficient (Wildman–Crippen LogP) is 1.99. The largest absolute Gasteiger partial charge is 0.481 e. The van der Waals surface area contributed by atoms with Gasteiger partial charge in [-0.15, -0.1) is 0 Å². The number of H-pyrrole nitrogens is 1. The topological polar surface area (TPSA) is 90.5 Å². The van der Waals surface area contributed by atoms with Gasteiger partial charge in [0.25, 0.3) is 5.91 Å². The first-order valence-electron chi connectivity index (χ1n) is 7.15. The molecule has 0 radical (unpaired) electrons. The standard InChI is InChI=1S/C16H17FN2O4/c1-9(2)19(6-5-15(21)22)16(23)12-8-14(20)18-13-7-10(17)3-4-11(12)13/h3-4,7-9H,5-6H2,1-2H3,(H,18,20)(H,21,22). The first-order chi connectivity index (χ1) is 10.8. The first kappa shape index (κ1) is 16.7. The number of amides is 1. The Morgan fingerprint density at radius 1 is 1.30 bits per heavy atom. The van der Waals surface area contributed by atoms with Gasteiger partial charge in [-0.25, -0.2) is 4.39 Å². The van der Waals surface area contributed by atoms with E-state index in [1.54, 1.807) is 13.8 Å². The summed E-state index contributed by atoms with van der Waals surface area (Å²) < 4.78 is 13.3. The van der Waals surface area contributed by atoms with Gasteiger partial charge < -0.3 is 15.0 Å². The second-order valence-corrected chi connectivity index (χ2v) is 5.47. The van der Waals surface area contributed by atoms with Crippen LogP contribution in [0.25, 0.3) is 10.9 Å². The summed E-state index contributed by atoms with van der Waals surface area (Å²) in [5.41, 5.74) is -0.168. The summed E-state index contributed by atoms with van der Waals surface area (Å²) >= 11 is 0. The highest BCUT2D eigenvalue weighted by molar-refractivity contribution is 6.06. The predicted molar refractivity (Wildman–Crippen MR) is 83.0 cm³/mol. The van der Waals surface area contributed by atoms with Gasteiger partial charge in [0, 0.05) is 24.0 Å². The minimum Gasteiger partial charge on any atom is -0.481 e. The van der Waals surface area contributed by atoms with E-state index in [-0.39, 0.29) is 30.1 Å². The Morgan fingerprint density at radius 2 is 2.00 bits per heavy atom. The van der Waals surface area contributed by atoms with Crippen LogP contribution in [0.2, 0.25) is 0 Å². The zero-order chi connectivity index (χ0) is 17.1. The van der Waals surface area contributed by atoms with E-state index in [1.807, 2.05) is 0 Å². The lowest BCUT2D eigenvalue weighted by Gasteiger charge is -2.26.